The monoisotopic (exact) mass is 642 g/mol. The minimum atomic E-state index is -1.03. The van der Waals surface area contributed by atoms with Gasteiger partial charge in [0.05, 0.1) is 0 Å². The lowest BCUT2D eigenvalue weighted by molar-refractivity contribution is -0.147. The van der Waals surface area contributed by atoms with E-state index in [1.807, 2.05) is 0 Å². The first-order valence-corrected chi connectivity index (χ1v) is 18.4. The summed E-state index contributed by atoms with van der Waals surface area (Å²) in [6.45, 7) is 4.04. The zero-order chi connectivity index (χ0) is 33.8. The number of carboxylic acids is 1. The molecule has 0 aliphatic rings. The van der Waals surface area contributed by atoms with Crippen molar-refractivity contribution < 1.29 is 24.2 Å². The smallest absolute Gasteiger partial charge is 0.322 e. The van der Waals surface area contributed by atoms with E-state index in [9.17, 15) is 14.4 Å². The molecule has 1 atom stereocenters. The molecule has 0 fully saturated rings. The number of allylic oxidation sites excluding steroid dienone is 9. The summed E-state index contributed by atoms with van der Waals surface area (Å²) in [5, 5.41) is 11.0. The Morgan fingerprint density at radius 2 is 1.13 bits per heavy atom. The third-order valence-electron chi connectivity index (χ3n) is 7.66. The van der Waals surface area contributed by atoms with Crippen molar-refractivity contribution in [1.82, 2.24) is 5.32 Å². The highest BCUT2D eigenvalue weighted by atomic mass is 16.5. The molecule has 0 bridgehead atoms. The molecule has 0 aliphatic heterocycles. The van der Waals surface area contributed by atoms with Crippen LogP contribution in [0.4, 0.5) is 0 Å². The second kappa shape index (κ2) is 35.0. The molecule has 2 N–H and O–H groups in total. The fourth-order valence-electron chi connectivity index (χ4n) is 4.94. The highest BCUT2D eigenvalue weighted by Crippen LogP contribution is 2.15. The fourth-order valence-corrected chi connectivity index (χ4v) is 4.94. The Morgan fingerprint density at radius 1 is 0.609 bits per heavy atom. The number of hydrogen-bond acceptors (Lipinski definition) is 4. The molecule has 0 aromatic rings. The molecule has 0 radical (unpaired) electrons. The van der Waals surface area contributed by atoms with Gasteiger partial charge in [-0.3, -0.25) is 14.4 Å². The maximum absolute atomic E-state index is 12.6. The topological polar surface area (TPSA) is 92.7 Å². The average Bonchev–Trinajstić information content (AvgIpc) is 3.04. The maximum atomic E-state index is 12.6. The van der Waals surface area contributed by atoms with E-state index >= 15 is 0 Å². The van der Waals surface area contributed by atoms with Crippen molar-refractivity contribution in [2.75, 3.05) is 6.54 Å². The third-order valence-corrected chi connectivity index (χ3v) is 7.66. The van der Waals surface area contributed by atoms with Crippen LogP contribution in [0.3, 0.4) is 0 Å². The molecule has 0 aromatic carbocycles. The van der Waals surface area contributed by atoms with Gasteiger partial charge in [-0.2, -0.15) is 0 Å². The van der Waals surface area contributed by atoms with Crippen LogP contribution in [0.15, 0.2) is 60.8 Å². The molecule has 6 nitrogen and oxygen atoms in total. The van der Waals surface area contributed by atoms with Gasteiger partial charge in [-0.25, -0.2) is 0 Å². The molecule has 0 saturated heterocycles. The van der Waals surface area contributed by atoms with Gasteiger partial charge in [0.2, 0.25) is 5.91 Å². The van der Waals surface area contributed by atoms with Crippen LogP contribution in [0, 0.1) is 0 Å². The van der Waals surface area contributed by atoms with Crippen LogP contribution in [0.25, 0.3) is 0 Å². The van der Waals surface area contributed by atoms with Crippen LogP contribution in [0.5, 0.6) is 0 Å². The number of esters is 1. The normalized spacial score (nSPS) is 12.7. The van der Waals surface area contributed by atoms with Gasteiger partial charge >= 0.3 is 11.9 Å². The van der Waals surface area contributed by atoms with Gasteiger partial charge in [-0.1, -0.05) is 126 Å². The Balaban J connectivity index is 4.06. The number of aliphatic carboxylic acids is 1. The molecular weight excluding hydrogens is 574 g/mol. The Morgan fingerprint density at radius 3 is 1.76 bits per heavy atom. The van der Waals surface area contributed by atoms with Crippen molar-refractivity contribution in [3.63, 3.8) is 0 Å². The second-order valence-electron chi connectivity index (χ2n) is 12.1. The summed E-state index contributed by atoms with van der Waals surface area (Å²) in [4.78, 5) is 34.8. The summed E-state index contributed by atoms with van der Waals surface area (Å²) in [7, 11) is 0. The van der Waals surface area contributed by atoms with Gasteiger partial charge in [0.15, 0.2) is 0 Å². The minimum absolute atomic E-state index is 0.102. The van der Waals surface area contributed by atoms with E-state index in [0.717, 1.165) is 89.9 Å². The molecule has 6 heteroatoms. The molecule has 0 saturated carbocycles. The largest absolute Gasteiger partial charge is 0.480 e. The molecule has 1 unspecified atom stereocenters. The first-order valence-electron chi connectivity index (χ1n) is 18.4. The molecular formula is C40H67NO5. The predicted molar refractivity (Wildman–Crippen MR) is 194 cm³/mol. The van der Waals surface area contributed by atoms with Crippen LogP contribution in [0.1, 0.15) is 162 Å². The Labute approximate surface area is 281 Å². The summed E-state index contributed by atoms with van der Waals surface area (Å²) in [5.41, 5.74) is 0. The number of hydrogen-bond donors (Lipinski definition) is 2. The second-order valence-corrected chi connectivity index (χ2v) is 12.1. The number of ether oxygens (including phenoxy) is 1. The number of carboxylic acid groups (broad SMARTS) is 1. The summed E-state index contributed by atoms with van der Waals surface area (Å²) in [6, 6.07) is 0. The number of amides is 1. The van der Waals surface area contributed by atoms with Crippen molar-refractivity contribution in [1.29, 1.82) is 0 Å². The van der Waals surface area contributed by atoms with Crippen molar-refractivity contribution in [3.8, 4) is 0 Å². The molecule has 0 rings (SSSR count). The molecule has 0 spiro atoms. The number of unbranched alkanes of at least 4 members (excludes halogenated alkanes) is 13. The summed E-state index contributed by atoms with van der Waals surface area (Å²) >= 11 is 0. The van der Waals surface area contributed by atoms with Crippen molar-refractivity contribution in [3.05, 3.63) is 60.8 Å². The maximum Gasteiger partial charge on any atom is 0.322 e. The van der Waals surface area contributed by atoms with E-state index in [1.54, 1.807) is 0 Å². The molecule has 46 heavy (non-hydrogen) atoms. The molecule has 1 amide bonds. The standard InChI is InChI=1S/C40H67NO5/c1-3-5-7-9-11-12-13-14-15-16-17-18-19-20-21-22-23-25-31-35-40(45)46-37(32-28-24-10-8-6-4-2)33-29-26-27-30-34-38(42)41-36-39(43)44/h5,7,11-12,14-15,17-18,28,32,37H,3-4,6,8-10,13,16,19-27,29-31,33-36H2,1-2H3,(H,41,42)(H,43,44)/b7-5-,12-11-,15-14-,18-17-,32-28-. The number of rotatable bonds is 32. The zero-order valence-corrected chi connectivity index (χ0v) is 29.4. The first-order chi connectivity index (χ1) is 22.5. The van der Waals surface area contributed by atoms with Crippen LogP contribution in [0.2, 0.25) is 0 Å². The summed E-state index contributed by atoms with van der Waals surface area (Å²) in [5.74, 6) is -1.35. The van der Waals surface area contributed by atoms with Crippen LogP contribution in [-0.4, -0.2) is 35.6 Å². The summed E-state index contributed by atoms with van der Waals surface area (Å²) in [6.07, 6.45) is 45.0. The van der Waals surface area contributed by atoms with Crippen molar-refractivity contribution >= 4 is 17.8 Å². The van der Waals surface area contributed by atoms with Gasteiger partial charge in [0, 0.05) is 12.8 Å². The van der Waals surface area contributed by atoms with Crippen molar-refractivity contribution in [2.24, 2.45) is 0 Å². The zero-order valence-electron chi connectivity index (χ0n) is 29.4. The highest BCUT2D eigenvalue weighted by molar-refractivity contribution is 5.80. The van der Waals surface area contributed by atoms with Crippen LogP contribution in [-0.2, 0) is 19.1 Å². The van der Waals surface area contributed by atoms with Gasteiger partial charge < -0.3 is 15.2 Å². The van der Waals surface area contributed by atoms with Crippen LogP contribution >= 0.6 is 0 Å². The minimum Gasteiger partial charge on any atom is -0.480 e. The molecule has 0 aromatic heterocycles. The van der Waals surface area contributed by atoms with Crippen LogP contribution < -0.4 is 5.32 Å². The van der Waals surface area contributed by atoms with E-state index in [1.165, 1.54) is 44.9 Å². The van der Waals surface area contributed by atoms with E-state index < -0.39 is 5.97 Å². The lowest BCUT2D eigenvalue weighted by Gasteiger charge is -2.15. The Hall–Kier alpha value is -2.89. The third kappa shape index (κ3) is 34.0. The quantitative estimate of drug-likeness (QED) is 0.0433. The lowest BCUT2D eigenvalue weighted by Crippen LogP contribution is -2.28. The van der Waals surface area contributed by atoms with Crippen molar-refractivity contribution in [2.45, 2.75) is 168 Å². The van der Waals surface area contributed by atoms with E-state index in [0.29, 0.717) is 12.8 Å². The van der Waals surface area contributed by atoms with E-state index in [2.05, 4.69) is 79.9 Å². The predicted octanol–water partition coefficient (Wildman–Crippen LogP) is 10.9. The number of carbonyl (C=O) groups excluding carboxylic acids is 2. The fraction of sp³-hybridized carbons (Fsp3) is 0.675. The summed E-state index contributed by atoms with van der Waals surface area (Å²) < 4.78 is 5.85. The van der Waals surface area contributed by atoms with E-state index in [-0.39, 0.29) is 24.5 Å². The molecule has 262 valence electrons. The SMILES string of the molecule is CC/C=C\C/C=C\C/C=C\C/C=C\CCCCCCCCC(=O)OC(/C=C\CCCCCC)CCCCCCC(=O)NCC(=O)O. The van der Waals surface area contributed by atoms with Gasteiger partial charge in [0.1, 0.15) is 12.6 Å². The van der Waals surface area contributed by atoms with E-state index in [4.69, 9.17) is 9.84 Å². The highest BCUT2D eigenvalue weighted by Gasteiger charge is 2.12. The van der Waals surface area contributed by atoms with Gasteiger partial charge in [-0.15, -0.1) is 0 Å². The van der Waals surface area contributed by atoms with Gasteiger partial charge in [0.25, 0.3) is 0 Å². The number of nitrogens with one attached hydrogen (secondary N) is 1. The molecule has 0 heterocycles. The molecule has 0 aliphatic carbocycles. The number of carbonyl (C=O) groups is 3. The Bertz CT molecular complexity index is 886. The first kappa shape index (κ1) is 43.1. The Kier molecular flexibility index (Phi) is 32.8. The van der Waals surface area contributed by atoms with Gasteiger partial charge in [-0.05, 0) is 83.1 Å². The average molecular weight is 642 g/mol. The lowest BCUT2D eigenvalue weighted by atomic mass is 10.1.